The highest BCUT2D eigenvalue weighted by Gasteiger charge is 2.27. The van der Waals surface area contributed by atoms with Gasteiger partial charge in [0.2, 0.25) is 0 Å². The maximum absolute atomic E-state index is 5.59. The second-order valence-electron chi connectivity index (χ2n) is 12.5. The molecule has 0 aliphatic heterocycles. The van der Waals surface area contributed by atoms with Crippen LogP contribution in [0.1, 0.15) is 22.3 Å². The van der Waals surface area contributed by atoms with Crippen molar-refractivity contribution in [3.8, 4) is 33.4 Å². The summed E-state index contributed by atoms with van der Waals surface area (Å²) in [5.41, 5.74) is 15.6. The highest BCUT2D eigenvalue weighted by molar-refractivity contribution is 6.27. The molecule has 0 radical (unpaired) electrons. The van der Waals surface area contributed by atoms with Gasteiger partial charge in [0.05, 0.1) is 22.8 Å². The Bertz CT molecular complexity index is 2390. The van der Waals surface area contributed by atoms with Crippen LogP contribution in [0.5, 0.6) is 0 Å². The van der Waals surface area contributed by atoms with Gasteiger partial charge >= 0.3 is 0 Å². The molecular formula is C46H28N2. The molecule has 0 saturated carbocycles. The average molecular weight is 609 g/mol. The van der Waals surface area contributed by atoms with Crippen LogP contribution in [0, 0.1) is 0 Å². The van der Waals surface area contributed by atoms with Crippen molar-refractivity contribution in [3.05, 3.63) is 192 Å². The fourth-order valence-corrected chi connectivity index (χ4v) is 7.70. The molecule has 0 heterocycles. The summed E-state index contributed by atoms with van der Waals surface area (Å²) in [4.78, 5) is 11.2. The predicted octanol–water partition coefficient (Wildman–Crippen LogP) is 12.0. The molecule has 10 rings (SSSR count). The summed E-state index contributed by atoms with van der Waals surface area (Å²) in [5, 5.41) is 4.66. The van der Waals surface area contributed by atoms with Gasteiger partial charge in [0.1, 0.15) is 0 Å². The van der Waals surface area contributed by atoms with E-state index < -0.39 is 0 Å². The largest absolute Gasteiger partial charge is 0.247 e. The first kappa shape index (κ1) is 26.8. The van der Waals surface area contributed by atoms with Crippen LogP contribution >= 0.6 is 0 Å². The third kappa shape index (κ3) is 4.00. The third-order valence-corrected chi connectivity index (χ3v) is 9.84. The van der Waals surface area contributed by atoms with E-state index >= 15 is 0 Å². The molecular weight excluding hydrogens is 581 g/mol. The van der Waals surface area contributed by atoms with Gasteiger partial charge in [-0.05, 0) is 55.9 Å². The number of hydrogen-bond donors (Lipinski definition) is 0. The van der Waals surface area contributed by atoms with Gasteiger partial charge in [0.15, 0.2) is 0 Å². The van der Waals surface area contributed by atoms with Crippen molar-refractivity contribution in [3.63, 3.8) is 0 Å². The van der Waals surface area contributed by atoms with Crippen molar-refractivity contribution in [2.75, 3.05) is 0 Å². The molecule has 2 aliphatic carbocycles. The maximum Gasteiger partial charge on any atom is 0.0794 e. The molecule has 8 aromatic rings. The molecule has 0 N–H and O–H groups in total. The average Bonchev–Trinajstić information content (AvgIpc) is 3.64. The van der Waals surface area contributed by atoms with Crippen molar-refractivity contribution in [2.45, 2.75) is 0 Å². The zero-order valence-corrected chi connectivity index (χ0v) is 26.1. The molecule has 48 heavy (non-hydrogen) atoms. The lowest BCUT2D eigenvalue weighted by Crippen LogP contribution is -1.99. The van der Waals surface area contributed by atoms with Gasteiger partial charge in [-0.2, -0.15) is 0 Å². The highest BCUT2D eigenvalue weighted by atomic mass is 14.8. The van der Waals surface area contributed by atoms with E-state index in [0.717, 1.165) is 67.0 Å². The van der Waals surface area contributed by atoms with E-state index in [-0.39, 0.29) is 0 Å². The standard InChI is InChI=1S/C46H28N2/c1-3-15-31-29(13-1)25-27-41(47-45-37-21-9-5-17-33(37)34-18-6-10-22-38(34)45)43(31)44-32-16-4-2-14-30(32)26-28-42(44)48-46-39-23-11-7-19-35(39)36-20-8-12-24-40(36)46/h1-28H. The lowest BCUT2D eigenvalue weighted by atomic mass is 9.91. The van der Waals surface area contributed by atoms with Crippen molar-refractivity contribution >= 4 is 44.3 Å². The van der Waals surface area contributed by atoms with Crippen molar-refractivity contribution < 1.29 is 0 Å². The first-order valence-electron chi connectivity index (χ1n) is 16.4. The van der Waals surface area contributed by atoms with E-state index in [0.29, 0.717) is 0 Å². The summed E-state index contributed by atoms with van der Waals surface area (Å²) < 4.78 is 0. The Morgan fingerprint density at radius 3 is 0.896 bits per heavy atom. The minimum atomic E-state index is 0.931. The Morgan fingerprint density at radius 1 is 0.250 bits per heavy atom. The molecule has 0 bridgehead atoms. The van der Waals surface area contributed by atoms with Crippen LogP contribution < -0.4 is 0 Å². The van der Waals surface area contributed by atoms with E-state index in [9.17, 15) is 0 Å². The lowest BCUT2D eigenvalue weighted by molar-refractivity contribution is 1.48. The Morgan fingerprint density at radius 2 is 0.542 bits per heavy atom. The minimum absolute atomic E-state index is 0.931. The molecule has 0 atom stereocenters. The molecule has 0 fully saturated rings. The minimum Gasteiger partial charge on any atom is -0.247 e. The number of benzene rings is 8. The van der Waals surface area contributed by atoms with Gasteiger partial charge in [0, 0.05) is 33.4 Å². The number of fused-ring (bicyclic) bond motifs is 8. The van der Waals surface area contributed by atoms with Crippen LogP contribution in [0.25, 0.3) is 54.9 Å². The first-order valence-corrected chi connectivity index (χ1v) is 16.4. The van der Waals surface area contributed by atoms with Gasteiger partial charge in [-0.25, -0.2) is 9.98 Å². The highest BCUT2D eigenvalue weighted by Crippen LogP contribution is 2.48. The molecule has 222 valence electrons. The fourth-order valence-electron chi connectivity index (χ4n) is 7.70. The monoisotopic (exact) mass is 608 g/mol. The van der Waals surface area contributed by atoms with Crippen LogP contribution in [-0.2, 0) is 0 Å². The summed E-state index contributed by atoms with van der Waals surface area (Å²) in [6.07, 6.45) is 0. The number of nitrogens with zero attached hydrogens (tertiary/aromatic N) is 2. The zero-order chi connectivity index (χ0) is 31.6. The number of rotatable bonds is 3. The molecule has 0 spiro atoms. The summed E-state index contributed by atoms with van der Waals surface area (Å²) in [7, 11) is 0. The Labute approximate surface area is 279 Å². The molecule has 0 saturated heterocycles. The third-order valence-electron chi connectivity index (χ3n) is 9.84. The summed E-state index contributed by atoms with van der Waals surface area (Å²) in [6.45, 7) is 0. The van der Waals surface area contributed by atoms with Crippen molar-refractivity contribution in [1.82, 2.24) is 0 Å². The quantitative estimate of drug-likeness (QED) is 0.191. The van der Waals surface area contributed by atoms with Crippen LogP contribution in [-0.4, -0.2) is 11.4 Å². The predicted molar refractivity (Wildman–Crippen MR) is 201 cm³/mol. The summed E-state index contributed by atoms with van der Waals surface area (Å²) in [6, 6.07) is 60.5. The molecule has 0 unspecified atom stereocenters. The van der Waals surface area contributed by atoms with Gasteiger partial charge in [-0.1, -0.05) is 158 Å². The summed E-state index contributed by atoms with van der Waals surface area (Å²) in [5.74, 6) is 0. The SMILES string of the molecule is c1ccc2c(c1)C(=Nc1ccc3ccccc3c1-c1c(N=C3c4ccccc4-c4ccccc43)ccc3ccccc13)c1ccccc1-2. The second-order valence-corrected chi connectivity index (χ2v) is 12.5. The molecule has 2 heteroatoms. The Kier molecular flexibility index (Phi) is 5.91. The maximum atomic E-state index is 5.59. The molecule has 0 aromatic heterocycles. The number of hydrogen-bond acceptors (Lipinski definition) is 2. The van der Waals surface area contributed by atoms with Crippen molar-refractivity contribution in [1.29, 1.82) is 0 Å². The topological polar surface area (TPSA) is 24.7 Å². The van der Waals surface area contributed by atoms with Gasteiger partial charge in [-0.3, -0.25) is 0 Å². The van der Waals surface area contributed by atoms with Gasteiger partial charge in [0.25, 0.3) is 0 Å². The normalized spacial score (nSPS) is 12.5. The second kappa shape index (κ2) is 10.6. The fraction of sp³-hybridized carbons (Fsp3) is 0. The van der Waals surface area contributed by atoms with E-state index in [2.05, 4.69) is 170 Å². The Balaban J connectivity index is 1.30. The lowest BCUT2D eigenvalue weighted by Gasteiger charge is -2.17. The zero-order valence-electron chi connectivity index (χ0n) is 26.1. The van der Waals surface area contributed by atoms with Gasteiger partial charge < -0.3 is 0 Å². The molecule has 2 nitrogen and oxygen atoms in total. The molecule has 8 aromatic carbocycles. The molecule has 0 amide bonds. The van der Waals surface area contributed by atoms with E-state index in [1.165, 1.54) is 33.0 Å². The van der Waals surface area contributed by atoms with E-state index in [4.69, 9.17) is 9.98 Å². The molecule has 2 aliphatic rings. The summed E-state index contributed by atoms with van der Waals surface area (Å²) >= 11 is 0. The Hall–Kier alpha value is -6.38. The van der Waals surface area contributed by atoms with Crippen LogP contribution in [0.15, 0.2) is 180 Å². The number of aliphatic imine (C=N–C) groups is 2. The van der Waals surface area contributed by atoms with E-state index in [1.54, 1.807) is 0 Å². The van der Waals surface area contributed by atoms with E-state index in [1.807, 2.05) is 0 Å². The van der Waals surface area contributed by atoms with Crippen LogP contribution in [0.3, 0.4) is 0 Å². The van der Waals surface area contributed by atoms with Gasteiger partial charge in [-0.15, -0.1) is 0 Å². The van der Waals surface area contributed by atoms with Crippen molar-refractivity contribution in [2.24, 2.45) is 9.98 Å². The van der Waals surface area contributed by atoms with Crippen LogP contribution in [0.2, 0.25) is 0 Å². The first-order chi connectivity index (χ1) is 23.8. The smallest absolute Gasteiger partial charge is 0.0794 e. The van der Waals surface area contributed by atoms with Crippen LogP contribution in [0.4, 0.5) is 11.4 Å².